The first-order valence-corrected chi connectivity index (χ1v) is 4.52. The average Bonchev–Trinajstić information content (AvgIpc) is 2.27. The maximum absolute atomic E-state index is 11.3. The van der Waals surface area contributed by atoms with Crippen molar-refractivity contribution in [2.24, 2.45) is 0 Å². The van der Waals surface area contributed by atoms with Gasteiger partial charge in [0.25, 0.3) is 0 Å². The average molecular weight is 208 g/mol. The van der Waals surface area contributed by atoms with Crippen LogP contribution >= 0.6 is 0 Å². The Bertz CT molecular complexity index is 349. The Kier molecular flexibility index (Phi) is 4.28. The summed E-state index contributed by atoms with van der Waals surface area (Å²) in [5.74, 6) is -0.524. The van der Waals surface area contributed by atoms with Crippen LogP contribution in [0.25, 0.3) is 0 Å². The van der Waals surface area contributed by atoms with E-state index < -0.39 is 5.97 Å². The van der Waals surface area contributed by atoms with E-state index in [4.69, 9.17) is 9.84 Å². The van der Waals surface area contributed by atoms with Gasteiger partial charge in [0, 0.05) is 18.8 Å². The molecule has 1 aromatic heterocycles. The SMILES string of the molecule is CCOC(=O)/C(=C/O)Cc1cncnc1. The largest absolute Gasteiger partial charge is 0.515 e. The van der Waals surface area contributed by atoms with Gasteiger partial charge in [-0.05, 0) is 12.5 Å². The van der Waals surface area contributed by atoms with E-state index in [2.05, 4.69) is 9.97 Å². The van der Waals surface area contributed by atoms with Gasteiger partial charge in [0.05, 0.1) is 18.4 Å². The van der Waals surface area contributed by atoms with Crippen molar-refractivity contribution in [1.29, 1.82) is 0 Å². The Balaban J connectivity index is 2.67. The Morgan fingerprint density at radius 3 is 2.73 bits per heavy atom. The van der Waals surface area contributed by atoms with Gasteiger partial charge in [-0.2, -0.15) is 0 Å². The van der Waals surface area contributed by atoms with Crippen molar-refractivity contribution in [2.45, 2.75) is 13.3 Å². The number of hydrogen-bond donors (Lipinski definition) is 1. The van der Waals surface area contributed by atoms with E-state index in [1.54, 1.807) is 19.3 Å². The van der Waals surface area contributed by atoms with Crippen molar-refractivity contribution in [3.8, 4) is 0 Å². The van der Waals surface area contributed by atoms with Gasteiger partial charge >= 0.3 is 5.97 Å². The number of aliphatic hydroxyl groups excluding tert-OH is 1. The molecule has 0 radical (unpaired) electrons. The van der Waals surface area contributed by atoms with Gasteiger partial charge in [0.1, 0.15) is 6.33 Å². The lowest BCUT2D eigenvalue weighted by Gasteiger charge is -2.04. The molecule has 1 aromatic rings. The van der Waals surface area contributed by atoms with Crippen molar-refractivity contribution in [2.75, 3.05) is 6.61 Å². The van der Waals surface area contributed by atoms with Crippen LogP contribution in [-0.2, 0) is 16.0 Å². The fourth-order valence-corrected chi connectivity index (χ4v) is 1.04. The molecular weight excluding hydrogens is 196 g/mol. The molecular formula is C10H12N2O3. The molecule has 5 heteroatoms. The summed E-state index contributed by atoms with van der Waals surface area (Å²) in [5.41, 5.74) is 0.928. The van der Waals surface area contributed by atoms with Crippen LogP contribution in [0, 0.1) is 0 Å². The molecule has 0 atom stereocenters. The predicted octanol–water partition coefficient (Wildman–Crippen LogP) is 1.02. The monoisotopic (exact) mass is 208 g/mol. The Morgan fingerprint density at radius 1 is 1.53 bits per heavy atom. The molecule has 1 heterocycles. The fourth-order valence-electron chi connectivity index (χ4n) is 1.04. The topological polar surface area (TPSA) is 72.3 Å². The van der Waals surface area contributed by atoms with Crippen molar-refractivity contribution < 1.29 is 14.6 Å². The molecule has 1 rings (SSSR count). The van der Waals surface area contributed by atoms with Gasteiger partial charge < -0.3 is 9.84 Å². The minimum atomic E-state index is -0.524. The number of rotatable bonds is 4. The van der Waals surface area contributed by atoms with Crippen LogP contribution < -0.4 is 0 Å². The first-order chi connectivity index (χ1) is 7.27. The summed E-state index contributed by atoms with van der Waals surface area (Å²) in [6.07, 6.45) is 5.57. The molecule has 0 aromatic carbocycles. The Morgan fingerprint density at radius 2 is 2.20 bits per heavy atom. The van der Waals surface area contributed by atoms with E-state index in [1.807, 2.05) is 0 Å². The molecule has 80 valence electrons. The van der Waals surface area contributed by atoms with E-state index in [0.29, 0.717) is 0 Å². The number of esters is 1. The number of hydrogen-bond acceptors (Lipinski definition) is 5. The van der Waals surface area contributed by atoms with Gasteiger partial charge in [-0.25, -0.2) is 14.8 Å². The van der Waals surface area contributed by atoms with Crippen molar-refractivity contribution in [3.05, 3.63) is 36.1 Å². The van der Waals surface area contributed by atoms with Crippen molar-refractivity contribution >= 4 is 5.97 Å². The molecule has 0 unspecified atom stereocenters. The highest BCUT2D eigenvalue weighted by Gasteiger charge is 2.11. The molecule has 1 N–H and O–H groups in total. The molecule has 0 saturated heterocycles. The third-order valence-corrected chi connectivity index (χ3v) is 1.70. The van der Waals surface area contributed by atoms with Crippen LogP contribution in [0.1, 0.15) is 12.5 Å². The highest BCUT2D eigenvalue weighted by atomic mass is 16.5. The molecule has 0 fully saturated rings. The molecule has 0 amide bonds. The standard InChI is InChI=1S/C10H12N2O3/c1-2-15-10(14)9(6-13)3-8-4-11-7-12-5-8/h4-7,13H,2-3H2,1H3/b9-6+. The van der Waals surface area contributed by atoms with Gasteiger partial charge in [-0.15, -0.1) is 0 Å². The number of aliphatic hydroxyl groups is 1. The third kappa shape index (κ3) is 3.38. The van der Waals surface area contributed by atoms with Crippen LogP contribution in [0.15, 0.2) is 30.6 Å². The summed E-state index contributed by atoms with van der Waals surface area (Å²) in [5, 5.41) is 8.88. The first kappa shape index (κ1) is 11.2. The van der Waals surface area contributed by atoms with E-state index in [0.717, 1.165) is 11.8 Å². The minimum absolute atomic E-state index is 0.187. The van der Waals surface area contributed by atoms with Crippen molar-refractivity contribution in [3.63, 3.8) is 0 Å². The molecule has 5 nitrogen and oxygen atoms in total. The zero-order valence-electron chi connectivity index (χ0n) is 8.38. The first-order valence-electron chi connectivity index (χ1n) is 4.52. The zero-order chi connectivity index (χ0) is 11.1. The second-order valence-corrected chi connectivity index (χ2v) is 2.80. The lowest BCUT2D eigenvalue weighted by Crippen LogP contribution is -2.10. The van der Waals surface area contributed by atoms with Gasteiger partial charge in [-0.3, -0.25) is 0 Å². The summed E-state index contributed by atoms with van der Waals surface area (Å²) in [4.78, 5) is 18.9. The fraction of sp³-hybridized carbons (Fsp3) is 0.300. The van der Waals surface area contributed by atoms with E-state index in [-0.39, 0.29) is 18.6 Å². The summed E-state index contributed by atoms with van der Waals surface area (Å²) in [6.45, 7) is 1.99. The highest BCUT2D eigenvalue weighted by Crippen LogP contribution is 2.06. The normalized spacial score (nSPS) is 11.1. The molecule has 0 saturated carbocycles. The van der Waals surface area contributed by atoms with Gasteiger partial charge in [0.2, 0.25) is 0 Å². The van der Waals surface area contributed by atoms with E-state index in [9.17, 15) is 4.79 Å². The minimum Gasteiger partial charge on any atom is -0.515 e. The number of carbonyl (C=O) groups is 1. The second kappa shape index (κ2) is 5.74. The van der Waals surface area contributed by atoms with Crippen LogP contribution in [0.2, 0.25) is 0 Å². The molecule has 0 bridgehead atoms. The Labute approximate surface area is 87.4 Å². The summed E-state index contributed by atoms with van der Waals surface area (Å²) >= 11 is 0. The van der Waals surface area contributed by atoms with E-state index >= 15 is 0 Å². The number of nitrogens with zero attached hydrogens (tertiary/aromatic N) is 2. The second-order valence-electron chi connectivity index (χ2n) is 2.80. The Hall–Kier alpha value is -1.91. The van der Waals surface area contributed by atoms with Gasteiger partial charge in [-0.1, -0.05) is 0 Å². The van der Waals surface area contributed by atoms with E-state index in [1.165, 1.54) is 6.33 Å². The van der Waals surface area contributed by atoms with Crippen LogP contribution in [0.5, 0.6) is 0 Å². The molecule has 0 aliphatic rings. The molecule has 0 aliphatic carbocycles. The van der Waals surface area contributed by atoms with Crippen molar-refractivity contribution in [1.82, 2.24) is 9.97 Å². The maximum atomic E-state index is 11.3. The number of ether oxygens (including phenoxy) is 1. The lowest BCUT2D eigenvalue weighted by molar-refractivity contribution is -0.138. The smallest absolute Gasteiger partial charge is 0.337 e. The molecule has 0 aliphatic heterocycles. The van der Waals surface area contributed by atoms with Crippen LogP contribution in [0.3, 0.4) is 0 Å². The maximum Gasteiger partial charge on any atom is 0.337 e. The quantitative estimate of drug-likeness (QED) is 0.454. The third-order valence-electron chi connectivity index (χ3n) is 1.70. The molecule has 0 spiro atoms. The predicted molar refractivity (Wildman–Crippen MR) is 53.1 cm³/mol. The van der Waals surface area contributed by atoms with Crippen LogP contribution in [-0.4, -0.2) is 27.7 Å². The summed E-state index contributed by atoms with van der Waals surface area (Å²) in [7, 11) is 0. The molecule has 15 heavy (non-hydrogen) atoms. The number of carbonyl (C=O) groups excluding carboxylic acids is 1. The highest BCUT2D eigenvalue weighted by molar-refractivity contribution is 5.88. The summed E-state index contributed by atoms with van der Waals surface area (Å²) < 4.78 is 4.76. The lowest BCUT2D eigenvalue weighted by atomic mass is 10.1. The zero-order valence-corrected chi connectivity index (χ0v) is 8.38. The van der Waals surface area contributed by atoms with Crippen LogP contribution in [0.4, 0.5) is 0 Å². The summed E-state index contributed by atoms with van der Waals surface area (Å²) in [6, 6.07) is 0. The number of aromatic nitrogens is 2. The van der Waals surface area contributed by atoms with Gasteiger partial charge in [0.15, 0.2) is 0 Å².